The fourth-order valence-electron chi connectivity index (χ4n) is 2.82. The lowest BCUT2D eigenvalue weighted by Gasteiger charge is -2.37. The zero-order valence-electron chi connectivity index (χ0n) is 9.33. The van der Waals surface area contributed by atoms with E-state index in [1.54, 1.807) is 4.90 Å². The molecule has 2 aliphatic rings. The predicted octanol–water partition coefficient (Wildman–Crippen LogP) is 1.21. The second kappa shape index (κ2) is 4.36. The summed E-state index contributed by atoms with van der Waals surface area (Å²) in [5.74, 6) is 0. The molecular weight excluding hydrogens is 235 g/mol. The largest absolute Gasteiger partial charge is 0.405 e. The predicted molar refractivity (Wildman–Crippen MR) is 55.3 cm³/mol. The summed E-state index contributed by atoms with van der Waals surface area (Å²) in [5.41, 5.74) is 5.82. The van der Waals surface area contributed by atoms with Crippen molar-refractivity contribution in [2.75, 3.05) is 6.54 Å². The summed E-state index contributed by atoms with van der Waals surface area (Å²) >= 11 is 0. The summed E-state index contributed by atoms with van der Waals surface area (Å²) in [6, 6.07) is -0.519. The van der Waals surface area contributed by atoms with Crippen LogP contribution >= 0.6 is 0 Å². The minimum atomic E-state index is -4.36. The number of carbonyl (C=O) groups is 1. The number of urea groups is 1. The monoisotopic (exact) mass is 251 g/mol. The first-order valence-electron chi connectivity index (χ1n) is 5.75. The van der Waals surface area contributed by atoms with E-state index in [1.165, 1.54) is 0 Å². The van der Waals surface area contributed by atoms with Gasteiger partial charge in [0.1, 0.15) is 6.54 Å². The van der Waals surface area contributed by atoms with Crippen molar-refractivity contribution >= 4 is 6.03 Å². The molecule has 2 atom stereocenters. The molecule has 2 amide bonds. The van der Waals surface area contributed by atoms with Crippen molar-refractivity contribution in [3.05, 3.63) is 0 Å². The third-order valence-electron chi connectivity index (χ3n) is 3.44. The molecule has 0 aromatic rings. The lowest BCUT2D eigenvalue weighted by atomic mass is 9.99. The van der Waals surface area contributed by atoms with Gasteiger partial charge in [0.2, 0.25) is 0 Å². The standard InChI is InChI=1S/C10H16F3N3O/c11-10(12,13)5-15-9(17)16-7-1-2-8(16)4-6(14)3-7/h6-8H,1-5,14H2,(H,15,17). The van der Waals surface area contributed by atoms with Crippen LogP contribution in [-0.2, 0) is 0 Å². The van der Waals surface area contributed by atoms with E-state index in [9.17, 15) is 18.0 Å². The van der Waals surface area contributed by atoms with E-state index in [2.05, 4.69) is 0 Å². The second-order valence-electron chi connectivity index (χ2n) is 4.80. The Morgan fingerprint density at radius 3 is 2.29 bits per heavy atom. The van der Waals surface area contributed by atoms with Crippen molar-refractivity contribution in [2.24, 2.45) is 5.73 Å². The molecule has 2 bridgehead atoms. The van der Waals surface area contributed by atoms with E-state index >= 15 is 0 Å². The Kier molecular flexibility index (Phi) is 3.20. The van der Waals surface area contributed by atoms with Crippen molar-refractivity contribution < 1.29 is 18.0 Å². The molecule has 2 unspecified atom stereocenters. The van der Waals surface area contributed by atoms with Crippen LogP contribution in [0, 0.1) is 0 Å². The molecule has 3 N–H and O–H groups in total. The van der Waals surface area contributed by atoms with Crippen LogP contribution in [0.25, 0.3) is 0 Å². The first-order chi connectivity index (χ1) is 7.87. The van der Waals surface area contributed by atoms with Crippen molar-refractivity contribution in [3.63, 3.8) is 0 Å². The lowest BCUT2D eigenvalue weighted by Crippen LogP contribution is -2.54. The van der Waals surface area contributed by atoms with Gasteiger partial charge >= 0.3 is 12.2 Å². The number of nitrogens with zero attached hydrogens (tertiary/aromatic N) is 1. The molecule has 0 saturated carbocycles. The minimum Gasteiger partial charge on any atom is -0.329 e. The number of hydrogen-bond acceptors (Lipinski definition) is 2. The topological polar surface area (TPSA) is 58.4 Å². The number of nitrogens with one attached hydrogen (secondary N) is 1. The first kappa shape index (κ1) is 12.5. The van der Waals surface area contributed by atoms with Crippen LogP contribution < -0.4 is 11.1 Å². The van der Waals surface area contributed by atoms with Crippen molar-refractivity contribution in [2.45, 2.75) is 50.0 Å². The molecule has 0 aromatic carbocycles. The molecular formula is C10H16F3N3O. The van der Waals surface area contributed by atoms with Crippen molar-refractivity contribution in [1.29, 1.82) is 0 Å². The highest BCUT2D eigenvalue weighted by Crippen LogP contribution is 2.35. The second-order valence-corrected chi connectivity index (χ2v) is 4.80. The summed E-state index contributed by atoms with van der Waals surface area (Å²) in [4.78, 5) is 13.2. The summed E-state index contributed by atoms with van der Waals surface area (Å²) < 4.78 is 36.0. The number of fused-ring (bicyclic) bond motifs is 2. The number of piperidine rings is 1. The number of halogens is 3. The highest BCUT2D eigenvalue weighted by molar-refractivity contribution is 5.75. The van der Waals surface area contributed by atoms with Gasteiger partial charge in [0, 0.05) is 18.1 Å². The van der Waals surface area contributed by atoms with Gasteiger partial charge in [-0.05, 0) is 25.7 Å². The molecule has 2 fully saturated rings. The number of hydrogen-bond donors (Lipinski definition) is 2. The molecule has 0 radical (unpaired) electrons. The molecule has 7 heteroatoms. The van der Waals surface area contributed by atoms with Gasteiger partial charge < -0.3 is 16.0 Å². The quantitative estimate of drug-likeness (QED) is 0.736. The van der Waals surface area contributed by atoms with E-state index in [1.807, 2.05) is 5.32 Å². The van der Waals surface area contributed by atoms with Crippen LogP contribution in [-0.4, -0.2) is 41.8 Å². The normalized spacial score (nSPS) is 32.7. The Labute approximate surface area is 97.3 Å². The molecule has 0 aromatic heterocycles. The zero-order valence-corrected chi connectivity index (χ0v) is 9.33. The average molecular weight is 251 g/mol. The molecule has 4 nitrogen and oxygen atoms in total. The third kappa shape index (κ3) is 2.83. The van der Waals surface area contributed by atoms with Gasteiger partial charge in [-0.15, -0.1) is 0 Å². The van der Waals surface area contributed by atoms with E-state index in [0.29, 0.717) is 12.8 Å². The molecule has 0 spiro atoms. The van der Waals surface area contributed by atoms with Crippen molar-refractivity contribution in [3.8, 4) is 0 Å². The van der Waals surface area contributed by atoms with Crippen LogP contribution in [0.5, 0.6) is 0 Å². The maximum atomic E-state index is 12.0. The minimum absolute atomic E-state index is 0.0111. The number of nitrogens with two attached hydrogens (primary N) is 1. The van der Waals surface area contributed by atoms with E-state index in [4.69, 9.17) is 5.73 Å². The van der Waals surface area contributed by atoms with E-state index < -0.39 is 18.8 Å². The fraction of sp³-hybridized carbons (Fsp3) is 0.900. The van der Waals surface area contributed by atoms with Gasteiger partial charge in [-0.3, -0.25) is 0 Å². The molecule has 2 heterocycles. The summed E-state index contributed by atoms with van der Waals surface area (Å²) in [6.45, 7) is -1.27. The van der Waals surface area contributed by atoms with Crippen LogP contribution in [0.2, 0.25) is 0 Å². The van der Waals surface area contributed by atoms with E-state index in [0.717, 1.165) is 12.8 Å². The molecule has 0 aliphatic carbocycles. The van der Waals surface area contributed by atoms with E-state index in [-0.39, 0.29) is 18.1 Å². The maximum Gasteiger partial charge on any atom is 0.405 e. The van der Waals surface area contributed by atoms with Crippen LogP contribution in [0.15, 0.2) is 0 Å². The number of alkyl halides is 3. The molecule has 98 valence electrons. The van der Waals surface area contributed by atoms with Gasteiger partial charge in [0.25, 0.3) is 0 Å². The van der Waals surface area contributed by atoms with Gasteiger partial charge in [-0.25, -0.2) is 4.79 Å². The Morgan fingerprint density at radius 2 is 1.82 bits per heavy atom. The lowest BCUT2D eigenvalue weighted by molar-refractivity contribution is -0.123. The van der Waals surface area contributed by atoms with Gasteiger partial charge in [-0.2, -0.15) is 13.2 Å². The van der Waals surface area contributed by atoms with Crippen LogP contribution in [0.4, 0.5) is 18.0 Å². The maximum absolute atomic E-state index is 12.0. The number of amides is 2. The Hall–Kier alpha value is -0.980. The molecule has 2 saturated heterocycles. The van der Waals surface area contributed by atoms with Gasteiger partial charge in [0.15, 0.2) is 0 Å². The number of rotatable bonds is 1. The first-order valence-corrected chi connectivity index (χ1v) is 5.75. The third-order valence-corrected chi connectivity index (χ3v) is 3.44. The molecule has 2 rings (SSSR count). The fourth-order valence-corrected chi connectivity index (χ4v) is 2.82. The summed E-state index contributed by atoms with van der Waals surface area (Å²) in [6.07, 6.45) is -1.29. The highest BCUT2D eigenvalue weighted by Gasteiger charge is 2.42. The average Bonchev–Trinajstić information content (AvgIpc) is 2.47. The molecule has 2 aliphatic heterocycles. The van der Waals surface area contributed by atoms with Gasteiger partial charge in [0.05, 0.1) is 0 Å². The van der Waals surface area contributed by atoms with Crippen LogP contribution in [0.1, 0.15) is 25.7 Å². The zero-order chi connectivity index (χ0) is 12.6. The van der Waals surface area contributed by atoms with Gasteiger partial charge in [-0.1, -0.05) is 0 Å². The van der Waals surface area contributed by atoms with Crippen molar-refractivity contribution in [1.82, 2.24) is 10.2 Å². The molecule has 17 heavy (non-hydrogen) atoms. The Balaban J connectivity index is 1.92. The Morgan fingerprint density at radius 1 is 1.29 bits per heavy atom. The number of carbonyl (C=O) groups excluding carboxylic acids is 1. The summed E-state index contributed by atoms with van der Waals surface area (Å²) in [5, 5.41) is 1.93. The highest BCUT2D eigenvalue weighted by atomic mass is 19.4. The Bertz CT molecular complexity index is 294. The summed E-state index contributed by atoms with van der Waals surface area (Å²) in [7, 11) is 0. The SMILES string of the molecule is NC1CC2CCC(C1)N2C(=O)NCC(F)(F)F. The smallest absolute Gasteiger partial charge is 0.329 e. The van der Waals surface area contributed by atoms with Crippen LogP contribution in [0.3, 0.4) is 0 Å².